The maximum absolute atomic E-state index is 12.2. The summed E-state index contributed by atoms with van der Waals surface area (Å²) in [7, 11) is 1.60. The first-order valence-corrected chi connectivity index (χ1v) is 8.01. The van der Waals surface area contributed by atoms with E-state index in [0.29, 0.717) is 5.56 Å². The summed E-state index contributed by atoms with van der Waals surface area (Å²) in [6.07, 6.45) is 0. The van der Waals surface area contributed by atoms with Gasteiger partial charge in [-0.05, 0) is 72.1 Å². The van der Waals surface area contributed by atoms with Crippen molar-refractivity contribution in [2.75, 3.05) is 12.4 Å². The van der Waals surface area contributed by atoms with Gasteiger partial charge in [0.05, 0.1) is 10.7 Å². The molecule has 0 aliphatic rings. The molecule has 0 radical (unpaired) electrons. The first-order chi connectivity index (χ1) is 10.5. The Bertz CT molecular complexity index is 702. The molecular weight excluding hydrogens is 411 g/mol. The van der Waals surface area contributed by atoms with Crippen molar-refractivity contribution < 1.29 is 9.53 Å². The first kappa shape index (κ1) is 16.7. The standard InChI is InChI=1S/C16H15IN2O2S/c1-10-3-6-12(7-4-10)18-16(22)19-15(20)11-5-8-14(21-2)13(17)9-11/h3-9H,1-2H3,(H2,18,19,20,22). The number of methoxy groups -OCH3 is 1. The van der Waals surface area contributed by atoms with E-state index < -0.39 is 0 Å². The van der Waals surface area contributed by atoms with Gasteiger partial charge in [0.15, 0.2) is 5.11 Å². The second-order valence-electron chi connectivity index (χ2n) is 4.62. The third-order valence-electron chi connectivity index (χ3n) is 2.95. The molecule has 114 valence electrons. The highest BCUT2D eigenvalue weighted by Gasteiger charge is 2.10. The zero-order valence-electron chi connectivity index (χ0n) is 12.1. The van der Waals surface area contributed by atoms with Crippen molar-refractivity contribution in [1.29, 1.82) is 0 Å². The molecule has 0 aromatic heterocycles. The van der Waals surface area contributed by atoms with Gasteiger partial charge in [0, 0.05) is 11.3 Å². The summed E-state index contributed by atoms with van der Waals surface area (Å²) in [5.41, 5.74) is 2.52. The zero-order chi connectivity index (χ0) is 16.1. The van der Waals surface area contributed by atoms with Gasteiger partial charge in [0.1, 0.15) is 5.75 Å². The number of ether oxygens (including phenoxy) is 1. The monoisotopic (exact) mass is 426 g/mol. The fraction of sp³-hybridized carbons (Fsp3) is 0.125. The summed E-state index contributed by atoms with van der Waals surface area (Å²) in [6.45, 7) is 2.01. The lowest BCUT2D eigenvalue weighted by Gasteiger charge is -2.10. The lowest BCUT2D eigenvalue weighted by Crippen LogP contribution is -2.34. The van der Waals surface area contributed by atoms with Gasteiger partial charge < -0.3 is 10.1 Å². The minimum absolute atomic E-state index is 0.259. The van der Waals surface area contributed by atoms with Crippen LogP contribution < -0.4 is 15.4 Å². The molecule has 2 aromatic carbocycles. The number of nitrogens with one attached hydrogen (secondary N) is 2. The van der Waals surface area contributed by atoms with Crippen LogP contribution in [0.1, 0.15) is 15.9 Å². The van der Waals surface area contributed by atoms with Crippen molar-refractivity contribution >= 4 is 51.5 Å². The van der Waals surface area contributed by atoms with Crippen LogP contribution in [0.3, 0.4) is 0 Å². The molecule has 0 aliphatic carbocycles. The van der Waals surface area contributed by atoms with Crippen LogP contribution in [-0.2, 0) is 0 Å². The van der Waals surface area contributed by atoms with E-state index in [9.17, 15) is 4.79 Å². The van der Waals surface area contributed by atoms with Crippen LogP contribution in [0.25, 0.3) is 0 Å². The highest BCUT2D eigenvalue weighted by molar-refractivity contribution is 14.1. The molecule has 2 rings (SSSR count). The van der Waals surface area contributed by atoms with Crippen LogP contribution in [-0.4, -0.2) is 18.1 Å². The maximum Gasteiger partial charge on any atom is 0.257 e. The van der Waals surface area contributed by atoms with E-state index >= 15 is 0 Å². The fourth-order valence-electron chi connectivity index (χ4n) is 1.78. The van der Waals surface area contributed by atoms with Gasteiger partial charge in [-0.2, -0.15) is 0 Å². The molecule has 4 nitrogen and oxygen atoms in total. The van der Waals surface area contributed by atoms with Gasteiger partial charge in [-0.25, -0.2) is 0 Å². The van der Waals surface area contributed by atoms with E-state index in [4.69, 9.17) is 17.0 Å². The van der Waals surface area contributed by atoms with Crippen LogP contribution >= 0.6 is 34.8 Å². The lowest BCUT2D eigenvalue weighted by atomic mass is 10.2. The van der Waals surface area contributed by atoms with E-state index in [1.165, 1.54) is 0 Å². The largest absolute Gasteiger partial charge is 0.496 e. The van der Waals surface area contributed by atoms with Gasteiger partial charge >= 0.3 is 0 Å². The van der Waals surface area contributed by atoms with Crippen LogP contribution in [0.5, 0.6) is 5.75 Å². The van der Waals surface area contributed by atoms with Gasteiger partial charge in [-0.15, -0.1) is 0 Å². The Kier molecular flexibility index (Phi) is 5.73. The molecule has 2 N–H and O–H groups in total. The van der Waals surface area contributed by atoms with E-state index in [-0.39, 0.29) is 11.0 Å². The van der Waals surface area contributed by atoms with Gasteiger partial charge in [-0.3, -0.25) is 10.1 Å². The Hall–Kier alpha value is -1.67. The number of amides is 1. The van der Waals surface area contributed by atoms with E-state index in [1.807, 2.05) is 31.2 Å². The number of carbonyl (C=O) groups is 1. The minimum atomic E-state index is -0.259. The van der Waals surface area contributed by atoms with E-state index in [0.717, 1.165) is 20.6 Å². The third kappa shape index (κ3) is 4.41. The number of thiocarbonyl (C=S) groups is 1. The highest BCUT2D eigenvalue weighted by Crippen LogP contribution is 2.21. The summed E-state index contributed by atoms with van der Waals surface area (Å²) < 4.78 is 6.04. The van der Waals surface area contributed by atoms with Gasteiger partial charge in [0.2, 0.25) is 0 Å². The van der Waals surface area contributed by atoms with Crippen LogP contribution in [0.4, 0.5) is 5.69 Å². The molecule has 0 aliphatic heterocycles. The zero-order valence-corrected chi connectivity index (χ0v) is 15.1. The topological polar surface area (TPSA) is 50.4 Å². The molecule has 0 spiro atoms. The molecule has 2 aromatic rings. The molecule has 0 unspecified atom stereocenters. The van der Waals surface area contributed by atoms with E-state index in [2.05, 4.69) is 33.2 Å². The molecule has 0 heterocycles. The Balaban J connectivity index is 2.00. The highest BCUT2D eigenvalue weighted by atomic mass is 127. The predicted octanol–water partition coefficient (Wildman–Crippen LogP) is 3.74. The molecule has 0 bridgehead atoms. The van der Waals surface area contributed by atoms with Crippen LogP contribution in [0, 0.1) is 10.5 Å². The molecule has 0 saturated heterocycles. The molecule has 0 fully saturated rings. The van der Waals surface area contributed by atoms with Gasteiger partial charge in [-0.1, -0.05) is 17.7 Å². The molecule has 0 atom stereocenters. The smallest absolute Gasteiger partial charge is 0.257 e. The summed E-state index contributed by atoms with van der Waals surface area (Å²) in [6, 6.07) is 13.0. The van der Waals surface area contributed by atoms with Crippen molar-refractivity contribution in [2.24, 2.45) is 0 Å². The number of halogens is 1. The van der Waals surface area contributed by atoms with Crippen LogP contribution in [0.15, 0.2) is 42.5 Å². The van der Waals surface area contributed by atoms with Crippen molar-refractivity contribution in [3.8, 4) is 5.75 Å². The van der Waals surface area contributed by atoms with Gasteiger partial charge in [0.25, 0.3) is 5.91 Å². The molecular formula is C16H15IN2O2S. The summed E-state index contributed by atoms with van der Waals surface area (Å²) in [4.78, 5) is 12.2. The Morgan fingerprint density at radius 3 is 2.45 bits per heavy atom. The van der Waals surface area contributed by atoms with Crippen molar-refractivity contribution in [3.63, 3.8) is 0 Å². The van der Waals surface area contributed by atoms with Crippen molar-refractivity contribution in [3.05, 3.63) is 57.2 Å². The number of aryl methyl sites for hydroxylation is 1. The Labute approximate surface area is 148 Å². The van der Waals surface area contributed by atoms with Crippen LogP contribution in [0.2, 0.25) is 0 Å². The summed E-state index contributed by atoms with van der Waals surface area (Å²) in [5.74, 6) is 0.475. The third-order valence-corrected chi connectivity index (χ3v) is 4.00. The normalized spacial score (nSPS) is 9.95. The average molecular weight is 426 g/mol. The SMILES string of the molecule is COc1ccc(C(=O)NC(=S)Nc2ccc(C)cc2)cc1I. The van der Waals surface area contributed by atoms with E-state index in [1.54, 1.807) is 25.3 Å². The maximum atomic E-state index is 12.2. The second kappa shape index (κ2) is 7.55. The number of carbonyl (C=O) groups excluding carboxylic acids is 1. The first-order valence-electron chi connectivity index (χ1n) is 6.52. The average Bonchev–Trinajstić information content (AvgIpc) is 2.49. The number of anilines is 1. The molecule has 6 heteroatoms. The summed E-state index contributed by atoms with van der Waals surface area (Å²) in [5, 5.41) is 5.90. The Morgan fingerprint density at radius 1 is 1.18 bits per heavy atom. The lowest BCUT2D eigenvalue weighted by molar-refractivity contribution is 0.0977. The number of benzene rings is 2. The van der Waals surface area contributed by atoms with Crippen molar-refractivity contribution in [2.45, 2.75) is 6.92 Å². The molecule has 1 amide bonds. The minimum Gasteiger partial charge on any atom is -0.496 e. The number of rotatable bonds is 3. The quantitative estimate of drug-likeness (QED) is 0.580. The summed E-state index contributed by atoms with van der Waals surface area (Å²) >= 11 is 7.28. The Morgan fingerprint density at radius 2 is 1.86 bits per heavy atom. The number of hydrogen-bond donors (Lipinski definition) is 2. The molecule has 22 heavy (non-hydrogen) atoms. The fourth-order valence-corrected chi connectivity index (χ4v) is 2.73. The second-order valence-corrected chi connectivity index (χ2v) is 6.19. The van der Waals surface area contributed by atoms with Crippen molar-refractivity contribution in [1.82, 2.24) is 5.32 Å². The predicted molar refractivity (Wildman–Crippen MR) is 101 cm³/mol. The molecule has 0 saturated carbocycles. The number of hydrogen-bond acceptors (Lipinski definition) is 3.